The van der Waals surface area contributed by atoms with Gasteiger partial charge in [0.2, 0.25) is 0 Å². The average molecular weight is 400 g/mol. The van der Waals surface area contributed by atoms with Crippen molar-refractivity contribution in [3.8, 4) is 0 Å². The topological polar surface area (TPSA) is 154 Å². The third-order valence-electron chi connectivity index (χ3n) is 5.38. The molecule has 0 saturated carbocycles. The number of carbonyl (C=O) groups is 2. The third-order valence-corrected chi connectivity index (χ3v) is 5.38. The molecule has 2 rings (SSSR count). The van der Waals surface area contributed by atoms with Crippen molar-refractivity contribution >= 4 is 11.6 Å². The molecule has 0 aromatic carbocycles. The predicted octanol–water partition coefficient (Wildman–Crippen LogP) is -1.40. The van der Waals surface area contributed by atoms with E-state index in [1.54, 1.807) is 20.8 Å². The van der Waals surface area contributed by atoms with E-state index >= 15 is 0 Å². The molecule has 9 nitrogen and oxygen atoms in total. The number of hydrogen-bond donors (Lipinski definition) is 5. The van der Waals surface area contributed by atoms with Crippen molar-refractivity contribution in [2.75, 3.05) is 13.2 Å². The molecule has 6 atom stereocenters. The van der Waals surface area contributed by atoms with Crippen molar-refractivity contribution < 1.29 is 44.6 Å². The molecule has 5 N–H and O–H groups in total. The van der Waals surface area contributed by atoms with Gasteiger partial charge in [-0.05, 0) is 30.7 Å². The highest BCUT2D eigenvalue weighted by molar-refractivity contribution is 5.94. The van der Waals surface area contributed by atoms with Crippen molar-refractivity contribution in [3.05, 3.63) is 23.8 Å². The highest BCUT2D eigenvalue weighted by atomic mass is 16.7. The van der Waals surface area contributed by atoms with E-state index in [0.29, 0.717) is 5.57 Å². The van der Waals surface area contributed by atoms with Gasteiger partial charge in [0.15, 0.2) is 17.9 Å². The van der Waals surface area contributed by atoms with Crippen LogP contribution in [0.25, 0.3) is 0 Å². The summed E-state index contributed by atoms with van der Waals surface area (Å²) in [7, 11) is 0. The summed E-state index contributed by atoms with van der Waals surface area (Å²) < 4.78 is 10.3. The van der Waals surface area contributed by atoms with Crippen LogP contribution in [0.4, 0.5) is 0 Å². The van der Waals surface area contributed by atoms with Gasteiger partial charge in [0.25, 0.3) is 0 Å². The van der Waals surface area contributed by atoms with Gasteiger partial charge in [-0.3, -0.25) is 9.59 Å². The molecule has 0 aromatic rings. The molecule has 0 bridgehead atoms. The number of hydrogen-bond acceptors (Lipinski definition) is 9. The van der Waals surface area contributed by atoms with Gasteiger partial charge in [0, 0.05) is 11.8 Å². The number of allylic oxidation sites excluding steroid dienone is 1. The minimum atomic E-state index is -1.60. The lowest BCUT2D eigenvalue weighted by Gasteiger charge is -2.43. The summed E-state index contributed by atoms with van der Waals surface area (Å²) >= 11 is 0. The lowest BCUT2D eigenvalue weighted by atomic mass is 9.64. The summed E-state index contributed by atoms with van der Waals surface area (Å²) in [5, 5.41) is 49.4. The normalized spacial score (nSPS) is 38.5. The SMILES string of the molecule is CC1=CC(=O)CC(C)(C)[C@@]1(O)/C=C/C(=O)COC1OC(CO)[C@@H](O)[C@@H](O)[C@@H]1O. The number of aliphatic hydroxyl groups excluding tert-OH is 4. The Labute approximate surface area is 162 Å². The quantitative estimate of drug-likeness (QED) is 0.339. The number of ether oxygens (including phenoxy) is 2. The van der Waals surface area contributed by atoms with E-state index < -0.39 is 60.7 Å². The van der Waals surface area contributed by atoms with Crippen molar-refractivity contribution in [1.29, 1.82) is 0 Å². The first-order valence-corrected chi connectivity index (χ1v) is 9.01. The average Bonchev–Trinajstić information content (AvgIpc) is 2.61. The second-order valence-electron chi connectivity index (χ2n) is 7.93. The molecule has 158 valence electrons. The zero-order valence-electron chi connectivity index (χ0n) is 16.1. The van der Waals surface area contributed by atoms with Gasteiger partial charge in [0.1, 0.15) is 36.6 Å². The minimum absolute atomic E-state index is 0.0992. The first-order chi connectivity index (χ1) is 12.9. The Kier molecular flexibility index (Phi) is 6.93. The summed E-state index contributed by atoms with van der Waals surface area (Å²) in [5.74, 6) is -0.649. The molecule has 2 aliphatic rings. The maximum Gasteiger partial charge on any atom is 0.187 e. The molecular weight excluding hydrogens is 372 g/mol. The van der Waals surface area contributed by atoms with Crippen LogP contribution in [-0.2, 0) is 19.1 Å². The van der Waals surface area contributed by atoms with Crippen molar-refractivity contribution in [1.82, 2.24) is 0 Å². The Bertz CT molecular complexity index is 666. The lowest BCUT2D eigenvalue weighted by molar-refractivity contribution is -0.298. The molecule has 2 unspecified atom stereocenters. The van der Waals surface area contributed by atoms with Gasteiger partial charge in [-0.15, -0.1) is 0 Å². The highest BCUT2D eigenvalue weighted by Crippen LogP contribution is 2.44. The maximum absolute atomic E-state index is 12.1. The molecule has 0 amide bonds. The standard InChI is InChI=1S/C19H28O9/c1-10-6-12(22)7-18(2,3)19(10,26)5-4-11(21)9-27-17-16(25)15(24)14(23)13(8-20)28-17/h4-6,13-17,20,23-26H,7-9H2,1-3H3/b5-4+/t13?,14-,15-,16+,17?,19-/m1/s1. The second-order valence-corrected chi connectivity index (χ2v) is 7.93. The van der Waals surface area contributed by atoms with E-state index in [4.69, 9.17) is 14.6 Å². The van der Waals surface area contributed by atoms with E-state index in [0.717, 1.165) is 6.08 Å². The molecule has 0 spiro atoms. The van der Waals surface area contributed by atoms with E-state index in [2.05, 4.69) is 0 Å². The van der Waals surface area contributed by atoms with E-state index in [1.807, 2.05) is 0 Å². The maximum atomic E-state index is 12.1. The zero-order chi connectivity index (χ0) is 21.3. The van der Waals surface area contributed by atoms with Crippen LogP contribution in [0.3, 0.4) is 0 Å². The first kappa shape index (κ1) is 22.8. The molecule has 0 aromatic heterocycles. The van der Waals surface area contributed by atoms with Gasteiger partial charge in [-0.25, -0.2) is 0 Å². The third kappa shape index (κ3) is 4.41. The van der Waals surface area contributed by atoms with Crippen molar-refractivity contribution in [2.45, 2.75) is 63.5 Å². The van der Waals surface area contributed by atoms with Gasteiger partial charge in [-0.1, -0.05) is 13.8 Å². The number of rotatable bonds is 6. The van der Waals surface area contributed by atoms with Crippen molar-refractivity contribution in [3.63, 3.8) is 0 Å². The summed E-state index contributed by atoms with van der Waals surface area (Å²) in [6.45, 7) is 3.92. The number of aliphatic hydroxyl groups is 5. The van der Waals surface area contributed by atoms with Gasteiger partial charge in [-0.2, -0.15) is 0 Å². The fourth-order valence-electron chi connectivity index (χ4n) is 3.49. The summed E-state index contributed by atoms with van der Waals surface area (Å²) in [4.78, 5) is 23.9. The van der Waals surface area contributed by atoms with Crippen LogP contribution in [0.1, 0.15) is 27.2 Å². The lowest BCUT2D eigenvalue weighted by Crippen LogP contribution is -2.59. The van der Waals surface area contributed by atoms with Crippen LogP contribution in [0.2, 0.25) is 0 Å². The molecule has 1 fully saturated rings. The van der Waals surface area contributed by atoms with Crippen LogP contribution in [0.15, 0.2) is 23.8 Å². The summed E-state index contributed by atoms with van der Waals surface area (Å²) in [5.41, 5.74) is -1.87. The minimum Gasteiger partial charge on any atom is -0.394 e. The molecule has 28 heavy (non-hydrogen) atoms. The van der Waals surface area contributed by atoms with Gasteiger partial charge >= 0.3 is 0 Å². The predicted molar refractivity (Wildman–Crippen MR) is 96.0 cm³/mol. The second kappa shape index (κ2) is 8.50. The Hall–Kier alpha value is -1.46. The monoisotopic (exact) mass is 400 g/mol. The Morgan fingerprint density at radius 2 is 1.93 bits per heavy atom. The van der Waals surface area contributed by atoms with Crippen LogP contribution < -0.4 is 0 Å². The summed E-state index contributed by atoms with van der Waals surface area (Å²) in [6, 6.07) is 0. The molecule has 9 heteroatoms. The van der Waals surface area contributed by atoms with Gasteiger partial charge < -0.3 is 35.0 Å². The molecule has 1 aliphatic carbocycles. The fraction of sp³-hybridized carbons (Fsp3) is 0.684. The van der Waals surface area contributed by atoms with Crippen LogP contribution in [0, 0.1) is 5.41 Å². The largest absolute Gasteiger partial charge is 0.394 e. The highest BCUT2D eigenvalue weighted by Gasteiger charge is 2.47. The smallest absolute Gasteiger partial charge is 0.187 e. The van der Waals surface area contributed by atoms with Crippen molar-refractivity contribution in [2.24, 2.45) is 5.41 Å². The van der Waals surface area contributed by atoms with E-state index in [-0.39, 0.29) is 12.2 Å². The fourth-order valence-corrected chi connectivity index (χ4v) is 3.49. The molecule has 1 saturated heterocycles. The molecular formula is C19H28O9. The summed E-state index contributed by atoms with van der Waals surface area (Å²) in [6.07, 6.45) is -3.36. The molecule has 1 aliphatic heterocycles. The van der Waals surface area contributed by atoms with E-state index in [1.165, 1.54) is 12.2 Å². The first-order valence-electron chi connectivity index (χ1n) is 9.01. The van der Waals surface area contributed by atoms with Crippen LogP contribution in [-0.4, -0.2) is 86.6 Å². The number of ketones is 2. The molecule has 0 radical (unpaired) electrons. The Morgan fingerprint density at radius 3 is 2.50 bits per heavy atom. The van der Waals surface area contributed by atoms with Gasteiger partial charge in [0.05, 0.1) is 6.61 Å². The Balaban J connectivity index is 2.02. The van der Waals surface area contributed by atoms with E-state index in [9.17, 15) is 30.0 Å². The zero-order valence-corrected chi connectivity index (χ0v) is 16.1. The van der Waals surface area contributed by atoms with Crippen LogP contribution >= 0.6 is 0 Å². The number of carbonyl (C=O) groups excluding carboxylic acids is 2. The Morgan fingerprint density at radius 1 is 1.29 bits per heavy atom. The van der Waals surface area contributed by atoms with Crippen LogP contribution in [0.5, 0.6) is 0 Å². The molecule has 1 heterocycles.